The third-order valence-electron chi connectivity index (χ3n) is 3.85. The van der Waals surface area contributed by atoms with Gasteiger partial charge in [0.25, 0.3) is 0 Å². The average Bonchev–Trinajstić information content (AvgIpc) is 3.09. The van der Waals surface area contributed by atoms with Crippen molar-refractivity contribution in [3.05, 3.63) is 75.5 Å². The lowest BCUT2D eigenvalue weighted by Crippen LogP contribution is -2.12. The number of nitrogens with one attached hydrogen (secondary N) is 1. The van der Waals surface area contributed by atoms with Gasteiger partial charge in [-0.1, -0.05) is 24.3 Å². The number of hydrogen-bond acceptors (Lipinski definition) is 3. The maximum absolute atomic E-state index is 4.27. The van der Waals surface area contributed by atoms with Crippen molar-refractivity contribution in [1.82, 2.24) is 14.9 Å². The van der Waals surface area contributed by atoms with E-state index in [4.69, 9.17) is 0 Å². The van der Waals surface area contributed by atoms with Gasteiger partial charge in [-0.2, -0.15) is 0 Å². The Kier molecular flexibility index (Phi) is 4.71. The summed E-state index contributed by atoms with van der Waals surface area (Å²) in [5.74, 6) is 1.05. The molecule has 0 aliphatic carbocycles. The van der Waals surface area contributed by atoms with Crippen molar-refractivity contribution in [3.63, 3.8) is 0 Å². The molecule has 3 rings (SSSR count). The molecule has 0 aliphatic rings. The van der Waals surface area contributed by atoms with Crippen molar-refractivity contribution in [3.8, 4) is 0 Å². The molecule has 0 bridgehead atoms. The molecule has 1 N–H and O–H groups in total. The third kappa shape index (κ3) is 3.64. The summed E-state index contributed by atoms with van der Waals surface area (Å²) in [4.78, 5) is 5.69. The molecule has 0 saturated carbocycles. The summed E-state index contributed by atoms with van der Waals surface area (Å²) in [6.07, 6.45) is 3.88. The van der Waals surface area contributed by atoms with Gasteiger partial charge in [0, 0.05) is 36.9 Å². The van der Waals surface area contributed by atoms with E-state index in [1.165, 1.54) is 21.6 Å². The van der Waals surface area contributed by atoms with E-state index in [0.717, 1.165) is 25.5 Å². The van der Waals surface area contributed by atoms with Crippen molar-refractivity contribution in [2.24, 2.45) is 0 Å². The van der Waals surface area contributed by atoms with Crippen LogP contribution < -0.4 is 5.32 Å². The number of rotatable bonds is 6. The van der Waals surface area contributed by atoms with Crippen LogP contribution in [0.15, 0.2) is 48.1 Å². The molecular formula is C18H21N3S. The molecule has 1 aromatic carbocycles. The minimum atomic E-state index is 0.879. The molecule has 3 nitrogen and oxygen atoms in total. The topological polar surface area (TPSA) is 29.9 Å². The van der Waals surface area contributed by atoms with Gasteiger partial charge in [-0.05, 0) is 42.0 Å². The van der Waals surface area contributed by atoms with E-state index in [9.17, 15) is 0 Å². The summed E-state index contributed by atoms with van der Waals surface area (Å²) in [5, 5.41) is 5.69. The molecule has 114 valence electrons. The molecule has 0 atom stereocenters. The molecule has 2 heterocycles. The maximum Gasteiger partial charge on any atom is 0.105 e. The van der Waals surface area contributed by atoms with E-state index in [1.807, 2.05) is 30.7 Å². The zero-order valence-electron chi connectivity index (χ0n) is 13.0. The van der Waals surface area contributed by atoms with Gasteiger partial charge in [0.2, 0.25) is 0 Å². The predicted molar refractivity (Wildman–Crippen MR) is 92.1 cm³/mol. The van der Waals surface area contributed by atoms with E-state index < -0.39 is 0 Å². The van der Waals surface area contributed by atoms with E-state index >= 15 is 0 Å². The normalized spacial score (nSPS) is 11.0. The number of aromatic nitrogens is 2. The molecule has 0 unspecified atom stereocenters. The molecule has 0 aliphatic heterocycles. The first kappa shape index (κ1) is 15.0. The molecule has 3 aromatic rings. The fraction of sp³-hybridized carbons (Fsp3) is 0.278. The van der Waals surface area contributed by atoms with Gasteiger partial charge in [0.1, 0.15) is 5.82 Å². The van der Waals surface area contributed by atoms with Crippen LogP contribution in [-0.4, -0.2) is 9.55 Å². The Morgan fingerprint density at radius 1 is 1.14 bits per heavy atom. The quantitative estimate of drug-likeness (QED) is 0.748. The van der Waals surface area contributed by atoms with Crippen LogP contribution in [-0.2, 0) is 19.6 Å². The summed E-state index contributed by atoms with van der Waals surface area (Å²) in [7, 11) is 0. The van der Waals surface area contributed by atoms with Gasteiger partial charge in [0.05, 0.1) is 0 Å². The van der Waals surface area contributed by atoms with Crippen molar-refractivity contribution in [1.29, 1.82) is 0 Å². The fourth-order valence-corrected chi connectivity index (χ4v) is 3.39. The predicted octanol–water partition coefficient (Wildman–Crippen LogP) is 3.90. The number of imidazole rings is 1. The van der Waals surface area contributed by atoms with Crippen molar-refractivity contribution >= 4 is 11.3 Å². The molecule has 0 spiro atoms. The Bertz CT molecular complexity index is 742. The van der Waals surface area contributed by atoms with Gasteiger partial charge in [-0.25, -0.2) is 4.98 Å². The molecule has 22 heavy (non-hydrogen) atoms. The van der Waals surface area contributed by atoms with E-state index in [0.29, 0.717) is 0 Å². The summed E-state index contributed by atoms with van der Waals surface area (Å²) < 4.78 is 2.17. The summed E-state index contributed by atoms with van der Waals surface area (Å²) in [6, 6.07) is 10.9. The Labute approximate surface area is 135 Å². The average molecular weight is 311 g/mol. The molecule has 4 heteroatoms. The molecule has 0 radical (unpaired) electrons. The smallest absolute Gasteiger partial charge is 0.105 e. The molecular weight excluding hydrogens is 290 g/mol. The highest BCUT2D eigenvalue weighted by atomic mass is 32.1. The zero-order chi connectivity index (χ0) is 15.4. The number of hydrogen-bond donors (Lipinski definition) is 1. The Hall–Kier alpha value is -1.91. The molecule has 2 aromatic heterocycles. The first-order valence-corrected chi connectivity index (χ1v) is 8.39. The second-order valence-corrected chi connectivity index (χ2v) is 6.55. The Morgan fingerprint density at radius 3 is 2.73 bits per heavy atom. The van der Waals surface area contributed by atoms with Crippen LogP contribution >= 0.6 is 11.3 Å². The van der Waals surface area contributed by atoms with Crippen molar-refractivity contribution in [2.45, 2.75) is 33.5 Å². The van der Waals surface area contributed by atoms with Crippen LogP contribution in [0.4, 0.5) is 0 Å². The second kappa shape index (κ2) is 6.90. The van der Waals surface area contributed by atoms with Crippen molar-refractivity contribution in [2.75, 3.05) is 0 Å². The lowest BCUT2D eigenvalue weighted by molar-refractivity contribution is 0.696. The van der Waals surface area contributed by atoms with Gasteiger partial charge >= 0.3 is 0 Å². The third-order valence-corrected chi connectivity index (χ3v) is 4.87. The Morgan fingerprint density at radius 2 is 2.00 bits per heavy atom. The largest absolute Gasteiger partial charge is 0.331 e. The van der Waals surface area contributed by atoms with E-state index in [1.54, 1.807) is 0 Å². The standard InChI is InChI=1S/C18H21N3S/c1-14-6-9-22-18(14)12-19-11-16-4-3-5-17(10-16)13-21-8-7-20-15(21)2/h3-10,19H,11-13H2,1-2H3. The van der Waals surface area contributed by atoms with Crippen LogP contribution in [0.3, 0.4) is 0 Å². The summed E-state index contributed by atoms with van der Waals surface area (Å²) in [5.41, 5.74) is 4.01. The van der Waals surface area contributed by atoms with Gasteiger partial charge in [-0.15, -0.1) is 11.3 Å². The lowest BCUT2D eigenvalue weighted by atomic mass is 10.1. The molecule has 0 saturated heterocycles. The number of aryl methyl sites for hydroxylation is 2. The number of benzene rings is 1. The van der Waals surface area contributed by atoms with E-state index in [-0.39, 0.29) is 0 Å². The Balaban J connectivity index is 1.59. The summed E-state index contributed by atoms with van der Waals surface area (Å²) >= 11 is 1.82. The SMILES string of the molecule is Cc1ccsc1CNCc1cccc(Cn2ccnc2C)c1. The monoisotopic (exact) mass is 311 g/mol. The van der Waals surface area contributed by atoms with Crippen LogP contribution in [0.1, 0.15) is 27.4 Å². The first-order valence-electron chi connectivity index (χ1n) is 7.51. The minimum absolute atomic E-state index is 0.879. The highest BCUT2D eigenvalue weighted by Crippen LogP contribution is 2.15. The van der Waals surface area contributed by atoms with Gasteiger partial charge < -0.3 is 9.88 Å². The van der Waals surface area contributed by atoms with Gasteiger partial charge in [0.15, 0.2) is 0 Å². The fourth-order valence-electron chi connectivity index (χ4n) is 2.51. The number of nitrogens with zero attached hydrogens (tertiary/aromatic N) is 2. The first-order chi connectivity index (χ1) is 10.7. The second-order valence-electron chi connectivity index (χ2n) is 5.55. The van der Waals surface area contributed by atoms with E-state index in [2.05, 4.69) is 57.5 Å². The molecule has 0 amide bonds. The van der Waals surface area contributed by atoms with Crippen LogP contribution in [0.25, 0.3) is 0 Å². The van der Waals surface area contributed by atoms with Crippen LogP contribution in [0, 0.1) is 13.8 Å². The van der Waals surface area contributed by atoms with Crippen LogP contribution in [0.2, 0.25) is 0 Å². The lowest BCUT2D eigenvalue weighted by Gasteiger charge is -2.09. The maximum atomic E-state index is 4.27. The zero-order valence-corrected chi connectivity index (χ0v) is 13.9. The summed E-state index contributed by atoms with van der Waals surface area (Å²) in [6.45, 7) is 6.92. The minimum Gasteiger partial charge on any atom is -0.331 e. The van der Waals surface area contributed by atoms with Crippen LogP contribution in [0.5, 0.6) is 0 Å². The molecule has 0 fully saturated rings. The highest BCUT2D eigenvalue weighted by molar-refractivity contribution is 7.10. The van der Waals surface area contributed by atoms with Gasteiger partial charge in [-0.3, -0.25) is 0 Å². The van der Waals surface area contributed by atoms with Crippen molar-refractivity contribution < 1.29 is 0 Å². The highest BCUT2D eigenvalue weighted by Gasteiger charge is 2.02. The number of thiophene rings is 1.